The number of benzene rings is 2. The predicted molar refractivity (Wildman–Crippen MR) is 109 cm³/mol. The highest BCUT2D eigenvalue weighted by Crippen LogP contribution is 2.24. The number of rotatable bonds is 5. The lowest BCUT2D eigenvalue weighted by atomic mass is 9.91. The number of nitrogens with one attached hydrogen (secondary N) is 1. The summed E-state index contributed by atoms with van der Waals surface area (Å²) in [5.41, 5.74) is 1.61. The predicted octanol–water partition coefficient (Wildman–Crippen LogP) is 4.46. The van der Waals surface area contributed by atoms with Gasteiger partial charge >= 0.3 is 5.97 Å². The Bertz CT molecular complexity index is 640. The minimum Gasteiger partial charge on any atom is -0.481 e. The molecule has 4 heteroatoms. The van der Waals surface area contributed by atoms with Crippen LogP contribution in [0.3, 0.4) is 0 Å². The Kier molecular flexibility index (Phi) is 8.01. The zero-order valence-corrected chi connectivity index (χ0v) is 16.5. The lowest BCUT2D eigenvalue weighted by Gasteiger charge is -2.36. The Labute approximate surface area is 162 Å². The summed E-state index contributed by atoms with van der Waals surface area (Å²) in [5.74, 6) is -1.40. The number of ether oxygens (including phenoxy) is 1. The summed E-state index contributed by atoms with van der Waals surface area (Å²) in [5, 5.41) is 12.8. The Morgan fingerprint density at radius 2 is 1.56 bits per heavy atom. The van der Waals surface area contributed by atoms with Crippen molar-refractivity contribution < 1.29 is 14.6 Å². The van der Waals surface area contributed by atoms with Gasteiger partial charge in [-0.3, -0.25) is 4.79 Å². The summed E-state index contributed by atoms with van der Waals surface area (Å²) in [6.07, 6.45) is 3.90. The number of carboxylic acid groups (broad SMARTS) is 1. The van der Waals surface area contributed by atoms with Crippen molar-refractivity contribution in [3.05, 3.63) is 71.8 Å². The van der Waals surface area contributed by atoms with Gasteiger partial charge in [-0.15, -0.1) is 0 Å². The van der Waals surface area contributed by atoms with Gasteiger partial charge in [0.05, 0.1) is 5.60 Å². The standard InChI is InChI=1S/C14H12O2.C9H19NO/c15-14(16)13(11-7-3-1-4-8-11)12-9-5-2-6-10-12;1-9(2,11-3)8-6-4-5-7-10-8/h1-10,13H,(H,15,16);8,10H,4-7H2,1-3H3. The highest BCUT2D eigenvalue weighted by atomic mass is 16.5. The molecule has 1 aliphatic heterocycles. The zero-order chi connectivity index (χ0) is 19.7. The van der Waals surface area contributed by atoms with E-state index in [9.17, 15) is 9.90 Å². The second-order valence-electron chi connectivity index (χ2n) is 7.40. The van der Waals surface area contributed by atoms with Gasteiger partial charge in [0.1, 0.15) is 5.92 Å². The molecule has 0 aromatic heterocycles. The highest BCUT2D eigenvalue weighted by molar-refractivity contribution is 5.80. The second-order valence-corrected chi connectivity index (χ2v) is 7.40. The molecule has 0 aliphatic carbocycles. The second kappa shape index (κ2) is 10.2. The van der Waals surface area contributed by atoms with Gasteiger partial charge < -0.3 is 15.2 Å². The van der Waals surface area contributed by atoms with Gasteiger partial charge in [0.2, 0.25) is 0 Å². The largest absolute Gasteiger partial charge is 0.481 e. The first-order chi connectivity index (χ1) is 13.0. The molecule has 4 nitrogen and oxygen atoms in total. The number of hydrogen-bond acceptors (Lipinski definition) is 3. The maximum atomic E-state index is 11.3. The van der Waals surface area contributed by atoms with Crippen LogP contribution in [0.25, 0.3) is 0 Å². The fraction of sp³-hybridized carbons (Fsp3) is 0.435. The van der Waals surface area contributed by atoms with Crippen molar-refractivity contribution in [1.82, 2.24) is 5.32 Å². The van der Waals surface area contributed by atoms with E-state index in [-0.39, 0.29) is 5.60 Å². The minimum atomic E-state index is -0.822. The number of piperidine rings is 1. The molecular formula is C23H31NO3. The van der Waals surface area contributed by atoms with Crippen LogP contribution in [0.5, 0.6) is 0 Å². The third-order valence-corrected chi connectivity index (χ3v) is 5.19. The Hall–Kier alpha value is -2.17. The monoisotopic (exact) mass is 369 g/mol. The maximum Gasteiger partial charge on any atom is 0.315 e. The first-order valence-corrected chi connectivity index (χ1v) is 9.57. The van der Waals surface area contributed by atoms with E-state index in [4.69, 9.17) is 4.74 Å². The molecule has 1 fully saturated rings. The van der Waals surface area contributed by atoms with Crippen LogP contribution in [-0.4, -0.2) is 36.4 Å². The van der Waals surface area contributed by atoms with Crippen molar-refractivity contribution in [3.8, 4) is 0 Å². The molecule has 3 rings (SSSR count). The first kappa shape index (κ1) is 21.1. The van der Waals surface area contributed by atoms with E-state index >= 15 is 0 Å². The van der Waals surface area contributed by atoms with Crippen LogP contribution in [0.1, 0.15) is 50.2 Å². The summed E-state index contributed by atoms with van der Waals surface area (Å²) in [6.45, 7) is 5.45. The molecule has 27 heavy (non-hydrogen) atoms. The van der Waals surface area contributed by atoms with Crippen molar-refractivity contribution in [2.75, 3.05) is 13.7 Å². The lowest BCUT2D eigenvalue weighted by Crippen LogP contribution is -2.50. The lowest BCUT2D eigenvalue weighted by molar-refractivity contribution is -0.137. The summed E-state index contributed by atoms with van der Waals surface area (Å²) in [4.78, 5) is 11.3. The van der Waals surface area contributed by atoms with Crippen LogP contribution in [0.2, 0.25) is 0 Å². The molecule has 0 bridgehead atoms. The van der Waals surface area contributed by atoms with E-state index in [0.717, 1.165) is 17.7 Å². The van der Waals surface area contributed by atoms with Crippen LogP contribution >= 0.6 is 0 Å². The molecule has 0 saturated carbocycles. The first-order valence-electron chi connectivity index (χ1n) is 9.57. The number of carboxylic acids is 1. The molecule has 1 heterocycles. The van der Waals surface area contributed by atoms with Crippen LogP contribution in [0.15, 0.2) is 60.7 Å². The molecular weight excluding hydrogens is 338 g/mol. The topological polar surface area (TPSA) is 58.6 Å². The summed E-state index contributed by atoms with van der Waals surface area (Å²) >= 11 is 0. The van der Waals surface area contributed by atoms with Crippen molar-refractivity contribution in [2.24, 2.45) is 0 Å². The average Bonchev–Trinajstić information content (AvgIpc) is 2.71. The van der Waals surface area contributed by atoms with E-state index in [2.05, 4.69) is 19.2 Å². The van der Waals surface area contributed by atoms with E-state index in [1.807, 2.05) is 60.7 Å². The van der Waals surface area contributed by atoms with Crippen molar-refractivity contribution in [1.29, 1.82) is 0 Å². The van der Waals surface area contributed by atoms with Crippen molar-refractivity contribution in [3.63, 3.8) is 0 Å². The van der Waals surface area contributed by atoms with Gasteiger partial charge in [-0.05, 0) is 44.4 Å². The fourth-order valence-corrected chi connectivity index (χ4v) is 3.36. The Balaban J connectivity index is 0.000000208. The van der Waals surface area contributed by atoms with Crippen LogP contribution in [0, 0.1) is 0 Å². The van der Waals surface area contributed by atoms with Gasteiger partial charge in [-0.1, -0.05) is 67.1 Å². The van der Waals surface area contributed by atoms with E-state index in [0.29, 0.717) is 6.04 Å². The summed E-state index contributed by atoms with van der Waals surface area (Å²) < 4.78 is 5.41. The molecule has 146 valence electrons. The SMILES string of the molecule is COC(C)(C)C1CCCCN1.O=C(O)C(c1ccccc1)c1ccccc1. The molecule has 2 N–H and O–H groups in total. The smallest absolute Gasteiger partial charge is 0.315 e. The molecule has 2 aromatic rings. The molecule has 1 atom stereocenters. The third-order valence-electron chi connectivity index (χ3n) is 5.19. The Morgan fingerprint density at radius 1 is 1.04 bits per heavy atom. The van der Waals surface area contributed by atoms with Crippen LogP contribution < -0.4 is 5.32 Å². The summed E-state index contributed by atoms with van der Waals surface area (Å²) in [6, 6.07) is 19.1. The molecule has 0 radical (unpaired) electrons. The molecule has 0 spiro atoms. The molecule has 0 amide bonds. The van der Waals surface area contributed by atoms with Crippen molar-refractivity contribution >= 4 is 5.97 Å². The average molecular weight is 370 g/mol. The van der Waals surface area contributed by atoms with E-state index in [1.165, 1.54) is 19.3 Å². The van der Waals surface area contributed by atoms with Gasteiger partial charge in [0.15, 0.2) is 0 Å². The maximum absolute atomic E-state index is 11.3. The normalized spacial score (nSPS) is 17.1. The number of aliphatic carboxylic acids is 1. The highest BCUT2D eigenvalue weighted by Gasteiger charge is 2.29. The fourth-order valence-electron chi connectivity index (χ4n) is 3.36. The molecule has 2 aromatic carbocycles. The van der Waals surface area contributed by atoms with Crippen LogP contribution in [0.4, 0.5) is 0 Å². The van der Waals surface area contributed by atoms with Crippen LogP contribution in [-0.2, 0) is 9.53 Å². The molecule has 1 saturated heterocycles. The summed E-state index contributed by atoms with van der Waals surface area (Å²) in [7, 11) is 1.79. The number of methoxy groups -OCH3 is 1. The van der Waals surface area contributed by atoms with Crippen molar-refractivity contribution in [2.45, 2.75) is 50.7 Å². The number of hydrogen-bond donors (Lipinski definition) is 2. The van der Waals surface area contributed by atoms with Gasteiger partial charge in [0, 0.05) is 13.2 Å². The third kappa shape index (κ3) is 6.19. The van der Waals surface area contributed by atoms with E-state index < -0.39 is 11.9 Å². The van der Waals surface area contributed by atoms with E-state index in [1.54, 1.807) is 7.11 Å². The van der Waals surface area contributed by atoms with Gasteiger partial charge in [-0.25, -0.2) is 0 Å². The minimum absolute atomic E-state index is 0.000417. The number of carbonyl (C=O) groups is 1. The Morgan fingerprint density at radius 3 is 1.93 bits per heavy atom. The van der Waals surface area contributed by atoms with Gasteiger partial charge in [0.25, 0.3) is 0 Å². The molecule has 1 aliphatic rings. The quantitative estimate of drug-likeness (QED) is 0.817. The zero-order valence-electron chi connectivity index (χ0n) is 16.5. The molecule has 1 unspecified atom stereocenters. The van der Waals surface area contributed by atoms with Gasteiger partial charge in [-0.2, -0.15) is 0 Å².